The first-order valence-corrected chi connectivity index (χ1v) is 7.23. The number of likely N-dealkylation sites (tertiary alicyclic amines) is 1. The van der Waals surface area contributed by atoms with Crippen LogP contribution in [0.5, 0.6) is 0 Å². The summed E-state index contributed by atoms with van der Waals surface area (Å²) in [6.45, 7) is 6.21. The van der Waals surface area contributed by atoms with Crippen LogP contribution in [0.4, 0.5) is 0 Å². The van der Waals surface area contributed by atoms with Crippen LogP contribution in [0.15, 0.2) is 5.38 Å². The van der Waals surface area contributed by atoms with Crippen molar-refractivity contribution in [1.29, 1.82) is 0 Å². The van der Waals surface area contributed by atoms with Gasteiger partial charge in [0.25, 0.3) is 0 Å². The maximum atomic E-state index is 11.0. The highest BCUT2D eigenvalue weighted by Gasteiger charge is 2.24. The van der Waals surface area contributed by atoms with E-state index < -0.39 is 0 Å². The number of rotatable bonds is 5. The Bertz CT molecular complexity index is 389. The van der Waals surface area contributed by atoms with E-state index in [0.717, 1.165) is 18.7 Å². The van der Waals surface area contributed by atoms with Crippen LogP contribution in [-0.2, 0) is 17.6 Å². The lowest BCUT2D eigenvalue weighted by molar-refractivity contribution is -0.116. The Kier molecular flexibility index (Phi) is 4.29. The molecule has 3 nitrogen and oxygen atoms in total. The van der Waals surface area contributed by atoms with E-state index in [9.17, 15) is 4.79 Å². The molecule has 2 rings (SSSR count). The molecule has 1 aromatic heterocycles. The molecular formula is C13H20N2OS. The lowest BCUT2D eigenvalue weighted by atomic mass is 10.1. The zero-order valence-corrected chi connectivity index (χ0v) is 11.4. The zero-order valence-electron chi connectivity index (χ0n) is 10.6. The van der Waals surface area contributed by atoms with Gasteiger partial charge >= 0.3 is 0 Å². The van der Waals surface area contributed by atoms with Crippen molar-refractivity contribution in [1.82, 2.24) is 9.88 Å². The lowest BCUT2D eigenvalue weighted by Gasteiger charge is -2.21. The van der Waals surface area contributed by atoms with Crippen LogP contribution in [-0.4, -0.2) is 34.8 Å². The SMILES string of the molecule is CCN1CCCC1Cc1nc(CC(C)=O)cs1. The Labute approximate surface area is 107 Å². The van der Waals surface area contributed by atoms with Gasteiger partial charge in [0.2, 0.25) is 0 Å². The van der Waals surface area contributed by atoms with Gasteiger partial charge in [-0.2, -0.15) is 0 Å². The summed E-state index contributed by atoms with van der Waals surface area (Å²) >= 11 is 1.70. The van der Waals surface area contributed by atoms with Crippen molar-refractivity contribution < 1.29 is 4.79 Å². The summed E-state index contributed by atoms with van der Waals surface area (Å²) in [7, 11) is 0. The smallest absolute Gasteiger partial charge is 0.135 e. The van der Waals surface area contributed by atoms with Crippen molar-refractivity contribution in [3.63, 3.8) is 0 Å². The molecule has 0 N–H and O–H groups in total. The van der Waals surface area contributed by atoms with Crippen LogP contribution in [0.1, 0.15) is 37.4 Å². The van der Waals surface area contributed by atoms with E-state index in [1.165, 1.54) is 24.4 Å². The van der Waals surface area contributed by atoms with Crippen LogP contribution < -0.4 is 0 Å². The fraction of sp³-hybridized carbons (Fsp3) is 0.692. The normalized spacial score (nSPS) is 20.9. The fourth-order valence-corrected chi connectivity index (χ4v) is 3.39. The monoisotopic (exact) mass is 252 g/mol. The lowest BCUT2D eigenvalue weighted by Crippen LogP contribution is -2.30. The average Bonchev–Trinajstić information content (AvgIpc) is 2.87. The zero-order chi connectivity index (χ0) is 12.3. The Morgan fingerprint density at radius 3 is 3.18 bits per heavy atom. The summed E-state index contributed by atoms with van der Waals surface area (Å²) in [5, 5.41) is 3.22. The van der Waals surface area contributed by atoms with Gasteiger partial charge in [0.15, 0.2) is 0 Å². The number of carbonyl (C=O) groups excluding carboxylic acids is 1. The predicted octanol–water partition coefficient (Wildman–Crippen LogP) is 2.30. The van der Waals surface area contributed by atoms with E-state index in [2.05, 4.69) is 16.8 Å². The summed E-state index contributed by atoms with van der Waals surface area (Å²) in [6, 6.07) is 0.663. The molecule has 1 aromatic rings. The molecule has 1 saturated heterocycles. The molecule has 0 aliphatic carbocycles. The second-order valence-corrected chi connectivity index (χ2v) is 5.68. The number of likely N-dealkylation sites (N-methyl/N-ethyl adjacent to an activating group) is 1. The molecular weight excluding hydrogens is 232 g/mol. The van der Waals surface area contributed by atoms with Gasteiger partial charge in [-0.05, 0) is 32.9 Å². The van der Waals surface area contributed by atoms with Gasteiger partial charge in [0, 0.05) is 24.3 Å². The highest BCUT2D eigenvalue weighted by Crippen LogP contribution is 2.22. The Hall–Kier alpha value is -0.740. The largest absolute Gasteiger partial charge is 0.300 e. The van der Waals surface area contributed by atoms with Crippen LogP contribution in [0.25, 0.3) is 0 Å². The summed E-state index contributed by atoms with van der Waals surface area (Å²) in [6.07, 6.45) is 4.13. The van der Waals surface area contributed by atoms with Gasteiger partial charge in [-0.1, -0.05) is 6.92 Å². The number of thiazole rings is 1. The van der Waals surface area contributed by atoms with E-state index >= 15 is 0 Å². The van der Waals surface area contributed by atoms with E-state index in [-0.39, 0.29) is 5.78 Å². The van der Waals surface area contributed by atoms with Crippen molar-refractivity contribution in [2.45, 2.75) is 45.6 Å². The van der Waals surface area contributed by atoms with Crippen molar-refractivity contribution in [2.75, 3.05) is 13.1 Å². The van der Waals surface area contributed by atoms with Gasteiger partial charge in [-0.15, -0.1) is 11.3 Å². The molecule has 0 radical (unpaired) electrons. The number of hydrogen-bond donors (Lipinski definition) is 0. The molecule has 17 heavy (non-hydrogen) atoms. The topological polar surface area (TPSA) is 33.2 Å². The predicted molar refractivity (Wildman–Crippen MR) is 70.5 cm³/mol. The van der Waals surface area contributed by atoms with Crippen LogP contribution in [0.2, 0.25) is 0 Å². The van der Waals surface area contributed by atoms with E-state index in [0.29, 0.717) is 12.5 Å². The van der Waals surface area contributed by atoms with Gasteiger partial charge in [-0.3, -0.25) is 4.79 Å². The minimum absolute atomic E-state index is 0.193. The molecule has 2 heterocycles. The Balaban J connectivity index is 1.94. The van der Waals surface area contributed by atoms with Gasteiger partial charge in [-0.25, -0.2) is 4.98 Å². The standard InChI is InChI=1S/C13H20N2OS/c1-3-15-6-4-5-12(15)8-13-14-11(9-17-13)7-10(2)16/h9,12H,3-8H2,1-2H3. The molecule has 1 aliphatic rings. The molecule has 1 unspecified atom stereocenters. The maximum absolute atomic E-state index is 11.0. The first-order chi connectivity index (χ1) is 8.19. The van der Waals surface area contributed by atoms with Crippen LogP contribution in [0, 0.1) is 0 Å². The molecule has 1 atom stereocenters. The second kappa shape index (κ2) is 5.74. The van der Waals surface area contributed by atoms with Crippen LogP contribution in [0.3, 0.4) is 0 Å². The molecule has 4 heteroatoms. The van der Waals surface area contributed by atoms with Gasteiger partial charge < -0.3 is 4.90 Å². The third-order valence-corrected chi connectivity index (χ3v) is 4.26. The number of hydrogen-bond acceptors (Lipinski definition) is 4. The van der Waals surface area contributed by atoms with E-state index in [4.69, 9.17) is 0 Å². The average molecular weight is 252 g/mol. The van der Waals surface area contributed by atoms with Gasteiger partial charge in [0.05, 0.1) is 10.7 Å². The molecule has 0 saturated carbocycles. The Morgan fingerprint density at radius 1 is 1.65 bits per heavy atom. The highest BCUT2D eigenvalue weighted by atomic mass is 32.1. The molecule has 94 valence electrons. The molecule has 1 fully saturated rings. The Morgan fingerprint density at radius 2 is 2.47 bits per heavy atom. The van der Waals surface area contributed by atoms with Crippen LogP contribution >= 0.6 is 11.3 Å². The van der Waals surface area contributed by atoms with Crippen molar-refractivity contribution in [2.24, 2.45) is 0 Å². The molecule has 1 aliphatic heterocycles. The van der Waals surface area contributed by atoms with E-state index in [1.807, 2.05) is 5.38 Å². The van der Waals surface area contributed by atoms with Gasteiger partial charge in [0.1, 0.15) is 5.78 Å². The summed E-state index contributed by atoms with van der Waals surface area (Å²) in [5.41, 5.74) is 0.943. The maximum Gasteiger partial charge on any atom is 0.135 e. The highest BCUT2D eigenvalue weighted by molar-refractivity contribution is 7.09. The van der Waals surface area contributed by atoms with Crippen molar-refractivity contribution in [3.8, 4) is 0 Å². The van der Waals surface area contributed by atoms with Crippen molar-refractivity contribution in [3.05, 3.63) is 16.1 Å². The number of aromatic nitrogens is 1. The third kappa shape index (κ3) is 3.36. The minimum Gasteiger partial charge on any atom is -0.300 e. The number of ketones is 1. The van der Waals surface area contributed by atoms with E-state index in [1.54, 1.807) is 18.3 Å². The fourth-order valence-electron chi connectivity index (χ4n) is 2.52. The first kappa shape index (κ1) is 12.7. The summed E-state index contributed by atoms with van der Waals surface area (Å²) in [4.78, 5) is 18.1. The summed E-state index contributed by atoms with van der Waals surface area (Å²) < 4.78 is 0. The second-order valence-electron chi connectivity index (χ2n) is 4.74. The molecule has 0 amide bonds. The molecule has 0 spiro atoms. The third-order valence-electron chi connectivity index (χ3n) is 3.34. The number of nitrogens with zero attached hydrogens (tertiary/aromatic N) is 2. The first-order valence-electron chi connectivity index (χ1n) is 6.35. The minimum atomic E-state index is 0.193. The molecule has 0 bridgehead atoms. The number of carbonyl (C=O) groups is 1. The number of Topliss-reactive ketones (excluding diaryl/α,β-unsaturated/α-hetero) is 1. The molecule has 0 aromatic carbocycles. The quantitative estimate of drug-likeness (QED) is 0.806. The van der Waals surface area contributed by atoms with Crippen molar-refractivity contribution >= 4 is 17.1 Å². The summed E-state index contributed by atoms with van der Waals surface area (Å²) in [5.74, 6) is 0.193.